The molecule has 1 heterocycles. The molecule has 0 amide bonds. The first-order valence-electron chi connectivity index (χ1n) is 6.90. The Hall–Kier alpha value is -1.33. The zero-order valence-corrected chi connectivity index (χ0v) is 12.3. The largest absolute Gasteiger partial charge is 0.471 e. The number of halogens is 4. The van der Waals surface area contributed by atoms with Gasteiger partial charge in [-0.3, -0.25) is 0 Å². The number of alkyl halides is 4. The minimum Gasteiger partial charge on any atom is -0.471 e. The predicted molar refractivity (Wildman–Crippen MR) is 71.4 cm³/mol. The van der Waals surface area contributed by atoms with E-state index in [4.69, 9.17) is 4.74 Å². The van der Waals surface area contributed by atoms with Gasteiger partial charge in [-0.25, -0.2) is 13.8 Å². The third-order valence-corrected chi connectivity index (χ3v) is 3.48. The predicted octanol–water partition coefficient (Wildman–Crippen LogP) is 4.54. The first kappa shape index (κ1) is 16.0. The highest BCUT2D eigenvalue weighted by Crippen LogP contribution is 2.45. The van der Waals surface area contributed by atoms with Crippen molar-refractivity contribution in [3.8, 4) is 5.88 Å². The van der Waals surface area contributed by atoms with Crippen molar-refractivity contribution < 1.29 is 22.3 Å². The number of rotatable bonds is 5. The fourth-order valence-corrected chi connectivity index (χ4v) is 1.91. The fourth-order valence-electron chi connectivity index (χ4n) is 1.91. The molecule has 0 N–H and O–H groups in total. The minimum atomic E-state index is -4.16. The van der Waals surface area contributed by atoms with Gasteiger partial charge in [-0.1, -0.05) is 20.8 Å². The summed E-state index contributed by atoms with van der Waals surface area (Å²) in [6.45, 7) is 4.71. The van der Waals surface area contributed by atoms with Crippen molar-refractivity contribution in [1.29, 1.82) is 0 Å². The van der Waals surface area contributed by atoms with Gasteiger partial charge >= 0.3 is 12.3 Å². The first-order valence-corrected chi connectivity index (χ1v) is 6.90. The van der Waals surface area contributed by atoms with E-state index in [-0.39, 0.29) is 17.2 Å². The lowest BCUT2D eigenvalue weighted by atomic mass is 9.87. The molecule has 1 aliphatic carbocycles. The molecule has 0 saturated heterocycles. The van der Waals surface area contributed by atoms with E-state index in [1.165, 1.54) is 0 Å². The number of pyridine rings is 1. The van der Waals surface area contributed by atoms with E-state index in [0.29, 0.717) is 0 Å². The van der Waals surface area contributed by atoms with Crippen LogP contribution < -0.4 is 4.74 Å². The lowest BCUT2D eigenvalue weighted by molar-refractivity contribution is -0.148. The quantitative estimate of drug-likeness (QED) is 0.745. The molecule has 1 fully saturated rings. The Bertz CT molecular complexity index is 507. The van der Waals surface area contributed by atoms with Crippen molar-refractivity contribution in [2.75, 3.05) is 6.61 Å². The van der Waals surface area contributed by atoms with Crippen LogP contribution in [0.4, 0.5) is 17.6 Å². The van der Waals surface area contributed by atoms with Crippen LogP contribution in [0.5, 0.6) is 5.88 Å². The Balaban J connectivity index is 2.20. The van der Waals surface area contributed by atoms with Gasteiger partial charge in [0.1, 0.15) is 0 Å². The maximum atomic E-state index is 12.9. The molecule has 118 valence electrons. The molecule has 1 aliphatic rings. The highest BCUT2D eigenvalue weighted by molar-refractivity contribution is 5.38. The van der Waals surface area contributed by atoms with E-state index in [0.717, 1.165) is 24.0 Å². The molecule has 0 unspecified atom stereocenters. The molecule has 6 heteroatoms. The first-order chi connectivity index (χ1) is 9.61. The summed E-state index contributed by atoms with van der Waals surface area (Å²) in [6, 6.07) is 1.89. The third kappa shape index (κ3) is 3.86. The molecule has 2 rings (SSSR count). The zero-order chi connectivity index (χ0) is 15.8. The molecule has 0 aliphatic heterocycles. The molecule has 0 spiro atoms. The molecule has 0 radical (unpaired) electrons. The van der Waals surface area contributed by atoms with E-state index < -0.39 is 19.0 Å². The molecule has 2 nitrogen and oxygen atoms in total. The molecule has 0 aromatic carbocycles. The molecular weight excluding hydrogens is 286 g/mol. The van der Waals surface area contributed by atoms with Gasteiger partial charge in [-0.15, -0.1) is 0 Å². The van der Waals surface area contributed by atoms with Crippen LogP contribution in [0.1, 0.15) is 50.7 Å². The van der Waals surface area contributed by atoms with Crippen LogP contribution in [-0.4, -0.2) is 23.9 Å². The monoisotopic (exact) mass is 305 g/mol. The SMILES string of the molecule is CC(C)(C)c1cnc(OCC(F)(F)C(F)F)c(C2CC2)c1. The van der Waals surface area contributed by atoms with Crippen LogP contribution in [0.3, 0.4) is 0 Å². The van der Waals surface area contributed by atoms with Crippen LogP contribution in [-0.2, 0) is 5.41 Å². The van der Waals surface area contributed by atoms with E-state index in [1.807, 2.05) is 26.8 Å². The number of nitrogens with zero attached hydrogens (tertiary/aromatic N) is 1. The van der Waals surface area contributed by atoms with Crippen molar-refractivity contribution >= 4 is 0 Å². The Morgan fingerprint density at radius 1 is 1.29 bits per heavy atom. The summed E-state index contributed by atoms with van der Waals surface area (Å²) in [4.78, 5) is 4.07. The second-order valence-corrected chi connectivity index (χ2v) is 6.49. The fraction of sp³-hybridized carbons (Fsp3) is 0.667. The molecule has 1 aromatic rings. The van der Waals surface area contributed by atoms with Crippen molar-refractivity contribution in [2.45, 2.75) is 57.3 Å². The highest BCUT2D eigenvalue weighted by Gasteiger charge is 2.42. The van der Waals surface area contributed by atoms with Gasteiger partial charge in [0.05, 0.1) is 0 Å². The van der Waals surface area contributed by atoms with Gasteiger partial charge in [0.2, 0.25) is 5.88 Å². The van der Waals surface area contributed by atoms with Gasteiger partial charge in [0.15, 0.2) is 6.61 Å². The summed E-state index contributed by atoms with van der Waals surface area (Å²) in [5.41, 5.74) is 1.59. The number of aromatic nitrogens is 1. The summed E-state index contributed by atoms with van der Waals surface area (Å²) < 4.78 is 55.1. The van der Waals surface area contributed by atoms with Crippen molar-refractivity contribution in [1.82, 2.24) is 4.98 Å². The maximum absolute atomic E-state index is 12.9. The Morgan fingerprint density at radius 3 is 2.38 bits per heavy atom. The van der Waals surface area contributed by atoms with Gasteiger partial charge in [-0.2, -0.15) is 8.78 Å². The van der Waals surface area contributed by atoms with Gasteiger partial charge < -0.3 is 4.74 Å². The standard InChI is InChI=1S/C15H19F4NO/c1-14(2,3)10-6-11(9-4-5-9)12(20-7-10)21-8-15(18,19)13(16)17/h6-7,9,13H,4-5,8H2,1-3H3. The van der Waals surface area contributed by atoms with Crippen molar-refractivity contribution in [3.05, 3.63) is 23.4 Å². The summed E-state index contributed by atoms with van der Waals surface area (Å²) in [7, 11) is 0. The molecular formula is C15H19F4NO. The molecule has 1 saturated carbocycles. The molecule has 1 aromatic heterocycles. The lowest BCUT2D eigenvalue weighted by Gasteiger charge is -2.21. The van der Waals surface area contributed by atoms with Crippen molar-refractivity contribution in [2.24, 2.45) is 0 Å². The molecule has 0 bridgehead atoms. The second kappa shape index (κ2) is 5.46. The Morgan fingerprint density at radius 2 is 1.90 bits per heavy atom. The zero-order valence-electron chi connectivity index (χ0n) is 12.3. The summed E-state index contributed by atoms with van der Waals surface area (Å²) in [6.07, 6.45) is -0.300. The second-order valence-electron chi connectivity index (χ2n) is 6.49. The van der Waals surface area contributed by atoms with Crippen LogP contribution >= 0.6 is 0 Å². The highest BCUT2D eigenvalue weighted by atomic mass is 19.3. The average Bonchev–Trinajstić information content (AvgIpc) is 3.19. The van der Waals surface area contributed by atoms with Crippen LogP contribution in [0.2, 0.25) is 0 Å². The Labute approximate surface area is 121 Å². The molecule has 21 heavy (non-hydrogen) atoms. The number of hydrogen-bond donors (Lipinski definition) is 0. The third-order valence-electron chi connectivity index (χ3n) is 3.48. The van der Waals surface area contributed by atoms with E-state index >= 15 is 0 Å². The number of ether oxygens (including phenoxy) is 1. The normalized spacial score (nSPS) is 16.4. The average molecular weight is 305 g/mol. The van der Waals surface area contributed by atoms with Gasteiger partial charge in [0, 0.05) is 11.8 Å². The number of hydrogen-bond acceptors (Lipinski definition) is 2. The van der Waals surface area contributed by atoms with Crippen LogP contribution in [0.25, 0.3) is 0 Å². The maximum Gasteiger partial charge on any atom is 0.340 e. The summed E-state index contributed by atoms with van der Waals surface area (Å²) in [5.74, 6) is -3.88. The van der Waals surface area contributed by atoms with E-state index in [9.17, 15) is 17.6 Å². The topological polar surface area (TPSA) is 22.1 Å². The summed E-state index contributed by atoms with van der Waals surface area (Å²) in [5, 5.41) is 0. The molecule has 0 atom stereocenters. The summed E-state index contributed by atoms with van der Waals surface area (Å²) >= 11 is 0. The lowest BCUT2D eigenvalue weighted by Crippen LogP contribution is -2.34. The van der Waals surface area contributed by atoms with E-state index in [1.54, 1.807) is 6.20 Å². The van der Waals surface area contributed by atoms with Crippen LogP contribution in [0.15, 0.2) is 12.3 Å². The van der Waals surface area contributed by atoms with Crippen molar-refractivity contribution in [3.63, 3.8) is 0 Å². The Kier molecular flexibility index (Phi) is 4.17. The smallest absolute Gasteiger partial charge is 0.340 e. The van der Waals surface area contributed by atoms with Crippen LogP contribution in [0, 0.1) is 0 Å². The van der Waals surface area contributed by atoms with E-state index in [2.05, 4.69) is 4.98 Å². The van der Waals surface area contributed by atoms with Gasteiger partial charge in [-0.05, 0) is 35.8 Å². The van der Waals surface area contributed by atoms with Gasteiger partial charge in [0.25, 0.3) is 0 Å². The minimum absolute atomic E-state index is 0.0471.